The molecule has 3 aliphatic carbocycles. The number of hydrogen-bond donors (Lipinski definition) is 0. The summed E-state index contributed by atoms with van der Waals surface area (Å²) in [4.78, 5) is 26.4. The number of halogens is 1. The number of epoxide rings is 3. The van der Waals surface area contributed by atoms with Crippen molar-refractivity contribution in [3.05, 3.63) is 71.1 Å². The van der Waals surface area contributed by atoms with Crippen LogP contribution in [-0.4, -0.2) is 59.8 Å². The van der Waals surface area contributed by atoms with Crippen LogP contribution in [0.4, 0.5) is 4.39 Å². The second kappa shape index (κ2) is 8.14. The molecule has 224 valence electrons. The van der Waals surface area contributed by atoms with Crippen LogP contribution < -0.4 is 0 Å². The first kappa shape index (κ1) is 26.3. The van der Waals surface area contributed by atoms with E-state index in [0.29, 0.717) is 24.2 Å². The third kappa shape index (κ3) is 2.96. The van der Waals surface area contributed by atoms with Crippen molar-refractivity contribution in [3.8, 4) is 11.1 Å². The van der Waals surface area contributed by atoms with Crippen molar-refractivity contribution in [2.75, 3.05) is 6.61 Å². The van der Waals surface area contributed by atoms with Crippen LogP contribution in [0, 0.1) is 23.1 Å². The normalized spacial score (nSPS) is 43.3. The van der Waals surface area contributed by atoms with E-state index in [4.69, 9.17) is 23.7 Å². The van der Waals surface area contributed by atoms with Crippen molar-refractivity contribution in [3.63, 3.8) is 0 Å². The first-order chi connectivity index (χ1) is 20.6. The van der Waals surface area contributed by atoms with Gasteiger partial charge in [0.05, 0.1) is 12.0 Å². The number of carbonyl (C=O) groups is 2. The maximum absolute atomic E-state index is 15.3. The molecule has 3 saturated heterocycles. The summed E-state index contributed by atoms with van der Waals surface area (Å²) in [6.45, 7) is 8.54. The average molecular weight is 587 g/mol. The average Bonchev–Trinajstić information content (AvgIpc) is 3.91. The minimum Gasteiger partial charge on any atom is -0.458 e. The van der Waals surface area contributed by atoms with Crippen molar-refractivity contribution in [1.29, 1.82) is 0 Å². The van der Waals surface area contributed by atoms with Gasteiger partial charge in [-0.25, -0.2) is 9.18 Å². The van der Waals surface area contributed by atoms with Gasteiger partial charge >= 0.3 is 11.9 Å². The van der Waals surface area contributed by atoms with Gasteiger partial charge in [0.1, 0.15) is 35.8 Å². The highest BCUT2D eigenvalue weighted by atomic mass is 19.1. The molecule has 9 rings (SSSR count). The first-order valence-corrected chi connectivity index (χ1v) is 15.6. The zero-order chi connectivity index (χ0) is 29.7. The predicted octanol–water partition coefficient (Wildman–Crippen LogP) is 5.26. The predicted molar refractivity (Wildman–Crippen MR) is 151 cm³/mol. The van der Waals surface area contributed by atoms with Crippen LogP contribution in [-0.2, 0) is 33.3 Å². The first-order valence-electron chi connectivity index (χ1n) is 15.6. The van der Waals surface area contributed by atoms with E-state index in [9.17, 15) is 9.59 Å². The summed E-state index contributed by atoms with van der Waals surface area (Å²) in [7, 11) is 0. The zero-order valence-corrected chi connectivity index (χ0v) is 24.7. The summed E-state index contributed by atoms with van der Waals surface area (Å²) in [6, 6.07) is 14.3. The molecule has 0 bridgehead atoms. The van der Waals surface area contributed by atoms with Crippen molar-refractivity contribution in [1.82, 2.24) is 0 Å². The standard InChI is InChI=1S/C35H35FO7/c1-17(2)33-27(42-33)28-35(43-28)32(4)13-12-22-23(16-39-30(22)38)24(32)15-26-34(35,41-26)31(33)40-29(37)18(3)20-10-11-21(25(36)14-20)19-8-6-5-7-9-19/h5-11,14,17-18,24,26-28,31H,12-13,15-16H2,1-4H3. The van der Waals surface area contributed by atoms with Crippen LogP contribution in [0.25, 0.3) is 11.1 Å². The van der Waals surface area contributed by atoms with Crippen molar-refractivity contribution in [2.24, 2.45) is 17.3 Å². The second-order valence-electron chi connectivity index (χ2n) is 14.2. The summed E-state index contributed by atoms with van der Waals surface area (Å²) in [6.07, 6.45) is 0.934. The summed E-state index contributed by atoms with van der Waals surface area (Å²) in [5.41, 5.74) is 1.22. The van der Waals surface area contributed by atoms with Gasteiger partial charge in [0.15, 0.2) is 11.7 Å². The molecule has 2 saturated carbocycles. The van der Waals surface area contributed by atoms with Crippen molar-refractivity contribution < 1.29 is 37.7 Å². The Labute approximate surface area is 249 Å². The van der Waals surface area contributed by atoms with Gasteiger partial charge in [0.2, 0.25) is 0 Å². The number of hydrogen-bond acceptors (Lipinski definition) is 7. The smallest absolute Gasteiger partial charge is 0.334 e. The van der Waals surface area contributed by atoms with Gasteiger partial charge in [-0.15, -0.1) is 0 Å². The van der Waals surface area contributed by atoms with Crippen LogP contribution in [0.5, 0.6) is 0 Å². The lowest BCUT2D eigenvalue weighted by Gasteiger charge is -2.53. The van der Waals surface area contributed by atoms with Crippen molar-refractivity contribution in [2.45, 2.75) is 94.1 Å². The molecule has 7 aliphatic rings. The Bertz CT molecular complexity index is 1640. The van der Waals surface area contributed by atoms with Gasteiger partial charge in [0, 0.05) is 16.6 Å². The molecule has 43 heavy (non-hydrogen) atoms. The molecule has 2 aromatic carbocycles. The van der Waals surface area contributed by atoms with Crippen LogP contribution in [0.1, 0.15) is 58.4 Å². The zero-order valence-electron chi connectivity index (χ0n) is 24.7. The van der Waals surface area contributed by atoms with E-state index in [0.717, 1.165) is 29.6 Å². The fourth-order valence-electron chi connectivity index (χ4n) is 9.85. The van der Waals surface area contributed by atoms with Gasteiger partial charge in [-0.05, 0) is 60.8 Å². The van der Waals surface area contributed by atoms with Gasteiger partial charge in [-0.3, -0.25) is 4.79 Å². The van der Waals surface area contributed by atoms with Crippen LogP contribution >= 0.6 is 0 Å². The Kier molecular flexibility index (Phi) is 4.99. The molecule has 0 N–H and O–H groups in total. The molecule has 2 spiro atoms. The van der Waals surface area contributed by atoms with Crippen LogP contribution in [0.2, 0.25) is 0 Å². The maximum Gasteiger partial charge on any atom is 0.334 e. The molecule has 0 radical (unpaired) electrons. The molecule has 10 unspecified atom stereocenters. The maximum atomic E-state index is 15.3. The number of rotatable bonds is 5. The highest BCUT2D eigenvalue weighted by Crippen LogP contribution is 2.83. The number of benzene rings is 2. The summed E-state index contributed by atoms with van der Waals surface area (Å²) in [5, 5.41) is 0. The molecular weight excluding hydrogens is 551 g/mol. The van der Waals surface area contributed by atoms with E-state index in [1.165, 1.54) is 6.07 Å². The number of esters is 2. The van der Waals surface area contributed by atoms with Crippen LogP contribution in [0.15, 0.2) is 59.7 Å². The summed E-state index contributed by atoms with van der Waals surface area (Å²) < 4.78 is 47.3. The Morgan fingerprint density at radius 2 is 1.84 bits per heavy atom. The Morgan fingerprint density at radius 3 is 2.58 bits per heavy atom. The van der Waals surface area contributed by atoms with Gasteiger partial charge in [-0.2, -0.15) is 0 Å². The monoisotopic (exact) mass is 586 g/mol. The van der Waals surface area contributed by atoms with Crippen LogP contribution in [0.3, 0.4) is 0 Å². The molecule has 8 heteroatoms. The lowest BCUT2D eigenvalue weighted by atomic mass is 9.46. The second-order valence-corrected chi connectivity index (χ2v) is 14.2. The molecule has 4 aliphatic heterocycles. The van der Waals surface area contributed by atoms with E-state index in [-0.39, 0.29) is 47.3 Å². The lowest BCUT2D eigenvalue weighted by molar-refractivity contribution is -0.170. The molecule has 0 aromatic heterocycles. The Hall–Kier alpha value is -3.07. The lowest BCUT2D eigenvalue weighted by Crippen LogP contribution is -2.70. The quantitative estimate of drug-likeness (QED) is 0.349. The molecule has 2 aromatic rings. The molecule has 10 atom stereocenters. The minimum absolute atomic E-state index is 0.0571. The van der Waals surface area contributed by atoms with E-state index in [1.54, 1.807) is 19.1 Å². The van der Waals surface area contributed by atoms with E-state index >= 15 is 4.39 Å². The van der Waals surface area contributed by atoms with E-state index < -0.39 is 34.8 Å². The SMILES string of the molecule is CC(C(=O)OC1C2(C(C)C)OC2C2OC23C2(C)CCC4=C(COC4=O)C2CC2OC213)c1ccc(-c2ccccc2)c(F)c1. The number of carbonyl (C=O) groups excluding carboxylic acids is 2. The largest absolute Gasteiger partial charge is 0.458 e. The third-order valence-electron chi connectivity index (χ3n) is 12.2. The topological polar surface area (TPSA) is 90.2 Å². The fourth-order valence-corrected chi connectivity index (χ4v) is 9.85. The number of ether oxygens (including phenoxy) is 5. The summed E-state index contributed by atoms with van der Waals surface area (Å²) in [5.74, 6) is -1.55. The minimum atomic E-state index is -0.820. The number of fused-ring (bicyclic) bond motifs is 4. The van der Waals surface area contributed by atoms with Crippen molar-refractivity contribution >= 4 is 11.9 Å². The Balaban J connectivity index is 1.06. The molecule has 7 nitrogen and oxygen atoms in total. The van der Waals surface area contributed by atoms with E-state index in [2.05, 4.69) is 20.8 Å². The highest BCUT2D eigenvalue weighted by molar-refractivity contribution is 5.92. The Morgan fingerprint density at radius 1 is 1.05 bits per heavy atom. The highest BCUT2D eigenvalue weighted by Gasteiger charge is 3.01. The molecular formula is C35H35FO7. The number of cyclic esters (lactones) is 1. The molecule has 0 amide bonds. The van der Waals surface area contributed by atoms with Gasteiger partial charge in [-0.1, -0.05) is 63.2 Å². The summed E-state index contributed by atoms with van der Waals surface area (Å²) >= 11 is 0. The third-order valence-corrected chi connectivity index (χ3v) is 12.2. The molecule has 4 heterocycles. The van der Waals surface area contributed by atoms with Gasteiger partial charge < -0.3 is 23.7 Å². The molecule has 5 fully saturated rings. The fraction of sp³-hybridized carbons (Fsp3) is 0.543. The van der Waals surface area contributed by atoms with Gasteiger partial charge in [0.25, 0.3) is 0 Å². The van der Waals surface area contributed by atoms with E-state index in [1.807, 2.05) is 30.3 Å².